The van der Waals surface area contributed by atoms with Crippen molar-refractivity contribution in [1.82, 2.24) is 0 Å². The van der Waals surface area contributed by atoms with Crippen LogP contribution in [-0.4, -0.2) is 11.2 Å². The third-order valence-electron chi connectivity index (χ3n) is 4.31. The smallest absolute Gasteiger partial charge is 0.255 e. The summed E-state index contributed by atoms with van der Waals surface area (Å²) in [4.78, 5) is 12.9. The first-order valence-corrected chi connectivity index (χ1v) is 9.40. The lowest BCUT2D eigenvalue weighted by Crippen LogP contribution is -2.12. The van der Waals surface area contributed by atoms with E-state index >= 15 is 0 Å². The van der Waals surface area contributed by atoms with Gasteiger partial charge in [0.25, 0.3) is 5.91 Å². The van der Waals surface area contributed by atoms with Crippen molar-refractivity contribution in [2.45, 2.75) is 36.3 Å². The summed E-state index contributed by atoms with van der Waals surface area (Å²) in [7, 11) is 0. The monoisotopic (exact) mass is 381 g/mol. The Balaban J connectivity index is 1.74. The van der Waals surface area contributed by atoms with E-state index in [4.69, 9.17) is 11.6 Å². The fourth-order valence-electron chi connectivity index (χ4n) is 2.95. The summed E-state index contributed by atoms with van der Waals surface area (Å²) in [6.07, 6.45) is 3.29. The van der Waals surface area contributed by atoms with Gasteiger partial charge in [-0.05, 0) is 61.6 Å². The summed E-state index contributed by atoms with van der Waals surface area (Å²) < 4.78 is 27.3. The minimum Gasteiger partial charge on any atom is -0.322 e. The molecular weight excluding hydrogens is 364 g/mol. The first kappa shape index (κ1) is 18.2. The minimum atomic E-state index is -0.550. The summed E-state index contributed by atoms with van der Waals surface area (Å²) in [6, 6.07) is 8.28. The Hall–Kier alpha value is -1.59. The van der Waals surface area contributed by atoms with E-state index < -0.39 is 5.82 Å². The van der Waals surface area contributed by atoms with E-state index in [0.717, 1.165) is 19.3 Å². The molecule has 25 heavy (non-hydrogen) atoms. The van der Waals surface area contributed by atoms with Gasteiger partial charge in [-0.2, -0.15) is 0 Å². The van der Waals surface area contributed by atoms with Gasteiger partial charge in [0.15, 0.2) is 0 Å². The van der Waals surface area contributed by atoms with Crippen LogP contribution in [0, 0.1) is 17.6 Å². The molecule has 1 aliphatic rings. The lowest BCUT2D eigenvalue weighted by Gasteiger charge is -2.12. The number of amides is 1. The average Bonchev–Trinajstić information content (AvgIpc) is 2.98. The highest BCUT2D eigenvalue weighted by Gasteiger charge is 2.23. The second kappa shape index (κ2) is 7.75. The number of hydrogen-bond donors (Lipinski definition) is 1. The van der Waals surface area contributed by atoms with Crippen LogP contribution in [0.25, 0.3) is 0 Å². The number of anilines is 1. The van der Waals surface area contributed by atoms with E-state index in [1.165, 1.54) is 42.1 Å². The van der Waals surface area contributed by atoms with Crippen LogP contribution in [-0.2, 0) is 0 Å². The van der Waals surface area contributed by atoms with Crippen LogP contribution >= 0.6 is 23.4 Å². The third-order valence-corrected chi connectivity index (χ3v) is 5.93. The maximum absolute atomic E-state index is 14.1. The molecule has 1 fully saturated rings. The summed E-state index contributed by atoms with van der Waals surface area (Å²) >= 11 is 7.22. The van der Waals surface area contributed by atoms with Gasteiger partial charge in [-0.1, -0.05) is 18.5 Å². The van der Waals surface area contributed by atoms with Crippen LogP contribution < -0.4 is 5.32 Å². The molecule has 2 nitrogen and oxygen atoms in total. The molecule has 2 aromatic rings. The lowest BCUT2D eigenvalue weighted by molar-refractivity contribution is 0.102. The molecule has 132 valence electrons. The highest BCUT2D eigenvalue weighted by molar-refractivity contribution is 8.00. The molecule has 1 N–H and O–H groups in total. The molecule has 3 rings (SSSR count). The number of hydrogen-bond acceptors (Lipinski definition) is 2. The maximum atomic E-state index is 14.1. The zero-order valence-electron chi connectivity index (χ0n) is 13.7. The second-order valence-corrected chi connectivity index (χ2v) is 8.14. The van der Waals surface area contributed by atoms with Gasteiger partial charge in [-0.15, -0.1) is 11.8 Å². The predicted molar refractivity (Wildman–Crippen MR) is 98.4 cm³/mol. The number of carbonyl (C=O) groups is 1. The average molecular weight is 382 g/mol. The van der Waals surface area contributed by atoms with Crippen molar-refractivity contribution in [2.75, 3.05) is 5.32 Å². The standard InChI is InChI=1S/C19H18ClF2NOS/c1-11-2-5-14(8-11)25-18-9-12(3-6-17(18)22)19(24)23-13-4-7-16(21)15(20)10-13/h3-4,6-7,9-11,14H,2,5,8H2,1H3,(H,23,24). The molecule has 1 saturated carbocycles. The van der Waals surface area contributed by atoms with Crippen LogP contribution in [0.5, 0.6) is 0 Å². The fourth-order valence-corrected chi connectivity index (χ4v) is 4.55. The molecule has 2 atom stereocenters. The number of rotatable bonds is 4. The van der Waals surface area contributed by atoms with Crippen molar-refractivity contribution in [3.05, 3.63) is 58.6 Å². The highest BCUT2D eigenvalue weighted by Crippen LogP contribution is 2.38. The minimum absolute atomic E-state index is 0.0662. The predicted octanol–water partition coefficient (Wildman–Crippen LogP) is 6.15. The number of thioether (sulfide) groups is 1. The first-order valence-electron chi connectivity index (χ1n) is 8.15. The van der Waals surface area contributed by atoms with Crippen LogP contribution in [0.2, 0.25) is 5.02 Å². The maximum Gasteiger partial charge on any atom is 0.255 e. The quantitative estimate of drug-likeness (QED) is 0.688. The largest absolute Gasteiger partial charge is 0.322 e. The van der Waals surface area contributed by atoms with Crippen molar-refractivity contribution < 1.29 is 13.6 Å². The van der Waals surface area contributed by atoms with Gasteiger partial charge in [0.2, 0.25) is 0 Å². The van der Waals surface area contributed by atoms with E-state index in [1.807, 2.05) is 0 Å². The van der Waals surface area contributed by atoms with Crippen LogP contribution in [0.3, 0.4) is 0 Å². The van der Waals surface area contributed by atoms with E-state index in [2.05, 4.69) is 12.2 Å². The normalized spacial score (nSPS) is 19.8. The Bertz CT molecular complexity index is 799. The summed E-state index contributed by atoms with van der Waals surface area (Å²) in [5.74, 6) is -0.587. The molecule has 0 heterocycles. The molecule has 0 aliphatic heterocycles. The van der Waals surface area contributed by atoms with Crippen molar-refractivity contribution >= 4 is 35.0 Å². The Kier molecular flexibility index (Phi) is 5.64. The molecule has 1 amide bonds. The SMILES string of the molecule is CC1CCC(Sc2cc(C(=O)Nc3ccc(F)c(Cl)c3)ccc2F)C1. The van der Waals surface area contributed by atoms with Gasteiger partial charge >= 0.3 is 0 Å². The molecule has 0 bridgehead atoms. The van der Waals surface area contributed by atoms with Gasteiger partial charge < -0.3 is 5.32 Å². The molecule has 2 aromatic carbocycles. The van der Waals surface area contributed by atoms with E-state index in [1.54, 1.807) is 6.07 Å². The molecule has 2 unspecified atom stereocenters. The number of halogens is 3. The molecule has 0 aromatic heterocycles. The zero-order chi connectivity index (χ0) is 18.0. The molecular formula is C19H18ClF2NOS. The Labute approximate surface area is 155 Å². The van der Waals surface area contributed by atoms with Crippen molar-refractivity contribution in [2.24, 2.45) is 5.92 Å². The zero-order valence-corrected chi connectivity index (χ0v) is 15.3. The number of benzene rings is 2. The topological polar surface area (TPSA) is 29.1 Å². The molecule has 0 radical (unpaired) electrons. The summed E-state index contributed by atoms with van der Waals surface area (Å²) in [5, 5.41) is 2.97. The van der Waals surface area contributed by atoms with Gasteiger partial charge in [0.1, 0.15) is 11.6 Å². The van der Waals surface area contributed by atoms with Crippen LogP contribution in [0.1, 0.15) is 36.5 Å². The van der Waals surface area contributed by atoms with Gasteiger partial charge in [-0.3, -0.25) is 4.79 Å². The molecule has 6 heteroatoms. The van der Waals surface area contributed by atoms with Crippen LogP contribution in [0.15, 0.2) is 41.3 Å². The van der Waals surface area contributed by atoms with E-state index in [0.29, 0.717) is 27.3 Å². The molecule has 1 aliphatic carbocycles. The van der Waals surface area contributed by atoms with E-state index in [-0.39, 0.29) is 16.7 Å². The first-order chi connectivity index (χ1) is 11.9. The number of carbonyl (C=O) groups excluding carboxylic acids is 1. The fraction of sp³-hybridized carbons (Fsp3) is 0.316. The third kappa shape index (κ3) is 4.53. The highest BCUT2D eigenvalue weighted by atomic mass is 35.5. The van der Waals surface area contributed by atoms with Crippen molar-refractivity contribution in [3.63, 3.8) is 0 Å². The van der Waals surface area contributed by atoms with Gasteiger partial charge in [0, 0.05) is 21.4 Å². The Morgan fingerprint density at radius 1 is 1.16 bits per heavy atom. The van der Waals surface area contributed by atoms with E-state index in [9.17, 15) is 13.6 Å². The Morgan fingerprint density at radius 2 is 1.92 bits per heavy atom. The van der Waals surface area contributed by atoms with Gasteiger partial charge in [0.05, 0.1) is 5.02 Å². The van der Waals surface area contributed by atoms with Crippen LogP contribution in [0.4, 0.5) is 14.5 Å². The second-order valence-electron chi connectivity index (χ2n) is 6.39. The summed E-state index contributed by atoms with van der Waals surface area (Å²) in [6.45, 7) is 2.20. The van der Waals surface area contributed by atoms with Gasteiger partial charge in [-0.25, -0.2) is 8.78 Å². The number of nitrogens with one attached hydrogen (secondary N) is 1. The molecule has 0 spiro atoms. The molecule has 0 saturated heterocycles. The van der Waals surface area contributed by atoms with Crippen molar-refractivity contribution in [1.29, 1.82) is 0 Å². The summed E-state index contributed by atoms with van der Waals surface area (Å²) in [5.41, 5.74) is 0.745. The Morgan fingerprint density at radius 3 is 2.60 bits per heavy atom. The van der Waals surface area contributed by atoms with Crippen molar-refractivity contribution in [3.8, 4) is 0 Å². The lowest BCUT2D eigenvalue weighted by atomic mass is 10.1.